The first-order valence-electron chi connectivity index (χ1n) is 5.67. The molecule has 88 valence electrons. The maximum atomic E-state index is 5.71. The molecule has 1 atom stereocenters. The molecule has 17 heavy (non-hydrogen) atoms. The van der Waals surface area contributed by atoms with E-state index < -0.39 is 0 Å². The molecule has 0 aliphatic carbocycles. The van der Waals surface area contributed by atoms with E-state index in [1.54, 1.807) is 0 Å². The summed E-state index contributed by atoms with van der Waals surface area (Å²) in [5.74, 6) is 1.79. The topological polar surface area (TPSA) is 62.8 Å². The molecule has 0 amide bonds. The highest BCUT2D eigenvalue weighted by Crippen LogP contribution is 2.34. The molecule has 1 aromatic heterocycles. The average Bonchev–Trinajstić information content (AvgIpc) is 3.00. The summed E-state index contributed by atoms with van der Waals surface area (Å²) in [4.78, 5) is 4.20. The van der Waals surface area contributed by atoms with E-state index in [1.807, 2.05) is 7.05 Å². The second-order valence-electron chi connectivity index (χ2n) is 4.03. The molecule has 5 nitrogen and oxygen atoms in total. The lowest BCUT2D eigenvalue weighted by molar-refractivity contribution is 0.350. The maximum absolute atomic E-state index is 5.71. The molecule has 1 aliphatic heterocycles. The number of nitrogens with zero attached hydrogens (tertiary/aromatic N) is 2. The van der Waals surface area contributed by atoms with Crippen LogP contribution in [0.3, 0.4) is 0 Å². The zero-order valence-electron chi connectivity index (χ0n) is 9.60. The van der Waals surface area contributed by atoms with Crippen molar-refractivity contribution in [3.63, 3.8) is 0 Å². The largest absolute Gasteiger partial charge is 0.493 e. The Morgan fingerprint density at radius 1 is 1.47 bits per heavy atom. The van der Waals surface area contributed by atoms with Gasteiger partial charge in [-0.05, 0) is 12.6 Å². The normalized spacial score (nSPS) is 15.4. The summed E-state index contributed by atoms with van der Waals surface area (Å²) in [6, 6.07) is 6.22. The van der Waals surface area contributed by atoms with Gasteiger partial charge in [0.15, 0.2) is 0 Å². The van der Waals surface area contributed by atoms with Crippen molar-refractivity contribution in [2.75, 3.05) is 13.7 Å². The molecule has 1 aliphatic rings. The number of H-pyrrole nitrogens is 1. The summed E-state index contributed by atoms with van der Waals surface area (Å²) in [5, 5.41) is 10.0. The van der Waals surface area contributed by atoms with Gasteiger partial charge in [-0.25, -0.2) is 4.98 Å². The average molecular weight is 230 g/mol. The lowest BCUT2D eigenvalue weighted by atomic mass is 10.0. The molecule has 1 aromatic carbocycles. The summed E-state index contributed by atoms with van der Waals surface area (Å²) in [7, 11) is 1.90. The van der Waals surface area contributed by atoms with E-state index in [0.717, 1.165) is 30.2 Å². The van der Waals surface area contributed by atoms with E-state index >= 15 is 0 Å². The number of aromatic nitrogens is 3. The van der Waals surface area contributed by atoms with Crippen LogP contribution in [-0.2, 0) is 6.42 Å². The fourth-order valence-corrected chi connectivity index (χ4v) is 2.26. The highest BCUT2D eigenvalue weighted by molar-refractivity contribution is 5.47. The van der Waals surface area contributed by atoms with Gasteiger partial charge in [-0.15, -0.1) is 0 Å². The number of benzene rings is 1. The molecule has 2 N–H and O–H groups in total. The quantitative estimate of drug-likeness (QED) is 0.827. The highest BCUT2D eigenvalue weighted by Gasteiger charge is 2.23. The number of ether oxygens (including phenoxy) is 1. The van der Waals surface area contributed by atoms with E-state index in [-0.39, 0.29) is 6.04 Å². The Morgan fingerprint density at radius 3 is 3.18 bits per heavy atom. The molecular formula is C12H14N4O. The molecule has 0 saturated carbocycles. The van der Waals surface area contributed by atoms with Crippen LogP contribution in [0.2, 0.25) is 0 Å². The minimum absolute atomic E-state index is 0.00875. The molecule has 0 fully saturated rings. The van der Waals surface area contributed by atoms with Gasteiger partial charge >= 0.3 is 0 Å². The monoisotopic (exact) mass is 230 g/mol. The fourth-order valence-electron chi connectivity index (χ4n) is 2.26. The third kappa shape index (κ3) is 1.68. The number of nitrogens with one attached hydrogen (secondary N) is 2. The van der Waals surface area contributed by atoms with Gasteiger partial charge in [-0.3, -0.25) is 5.10 Å². The first kappa shape index (κ1) is 10.3. The van der Waals surface area contributed by atoms with E-state index in [0.29, 0.717) is 0 Å². The Morgan fingerprint density at radius 2 is 2.41 bits per heavy atom. The number of fused-ring (bicyclic) bond motifs is 1. The van der Waals surface area contributed by atoms with E-state index in [1.165, 1.54) is 11.9 Å². The van der Waals surface area contributed by atoms with Crippen molar-refractivity contribution in [3.8, 4) is 5.75 Å². The van der Waals surface area contributed by atoms with Gasteiger partial charge < -0.3 is 10.1 Å². The second-order valence-corrected chi connectivity index (χ2v) is 4.03. The Bertz CT molecular complexity index is 509. The summed E-state index contributed by atoms with van der Waals surface area (Å²) >= 11 is 0. The van der Waals surface area contributed by atoms with Crippen molar-refractivity contribution in [2.24, 2.45) is 0 Å². The number of aromatic amines is 1. The third-order valence-corrected chi connectivity index (χ3v) is 3.05. The number of hydrogen-bond donors (Lipinski definition) is 2. The van der Waals surface area contributed by atoms with Crippen LogP contribution < -0.4 is 10.1 Å². The summed E-state index contributed by atoms with van der Waals surface area (Å²) in [6.45, 7) is 0.763. The SMILES string of the molecule is CNC(c1ncn[nH]1)c1cccc2c1OCC2. The molecule has 0 spiro atoms. The van der Waals surface area contributed by atoms with Crippen LogP contribution in [0.5, 0.6) is 5.75 Å². The summed E-state index contributed by atoms with van der Waals surface area (Å²) in [5.41, 5.74) is 2.38. The minimum Gasteiger partial charge on any atom is -0.493 e. The van der Waals surface area contributed by atoms with Crippen molar-refractivity contribution in [1.29, 1.82) is 0 Å². The zero-order chi connectivity index (χ0) is 11.7. The standard InChI is InChI=1S/C12H14N4O/c1-13-10(12-14-7-15-16-12)9-4-2-3-8-5-6-17-11(8)9/h2-4,7,10,13H,5-6H2,1H3,(H,14,15,16). The Labute approximate surface area is 99.2 Å². The summed E-state index contributed by atoms with van der Waals surface area (Å²) < 4.78 is 5.71. The molecule has 1 unspecified atom stereocenters. The molecule has 2 aromatic rings. The second kappa shape index (κ2) is 4.18. The first-order chi connectivity index (χ1) is 8.40. The van der Waals surface area contributed by atoms with Crippen molar-refractivity contribution in [3.05, 3.63) is 41.5 Å². The van der Waals surface area contributed by atoms with Gasteiger partial charge in [0, 0.05) is 12.0 Å². The van der Waals surface area contributed by atoms with Crippen LogP contribution in [0.15, 0.2) is 24.5 Å². The van der Waals surface area contributed by atoms with Crippen molar-refractivity contribution >= 4 is 0 Å². The first-order valence-corrected chi connectivity index (χ1v) is 5.67. The van der Waals surface area contributed by atoms with Gasteiger partial charge in [0.25, 0.3) is 0 Å². The zero-order valence-corrected chi connectivity index (χ0v) is 9.60. The molecule has 0 bridgehead atoms. The molecule has 2 heterocycles. The molecule has 3 rings (SSSR count). The van der Waals surface area contributed by atoms with Crippen molar-refractivity contribution in [2.45, 2.75) is 12.5 Å². The lowest BCUT2D eigenvalue weighted by Crippen LogP contribution is -2.19. The lowest BCUT2D eigenvalue weighted by Gasteiger charge is -2.16. The molecule has 0 radical (unpaired) electrons. The van der Waals surface area contributed by atoms with Gasteiger partial charge in [-0.2, -0.15) is 5.10 Å². The Kier molecular flexibility index (Phi) is 2.53. The number of rotatable bonds is 3. The minimum atomic E-state index is -0.00875. The molecular weight excluding hydrogens is 216 g/mol. The van der Waals surface area contributed by atoms with E-state index in [9.17, 15) is 0 Å². The van der Waals surface area contributed by atoms with Crippen LogP contribution in [0.25, 0.3) is 0 Å². The van der Waals surface area contributed by atoms with Crippen LogP contribution in [0.1, 0.15) is 23.0 Å². The van der Waals surface area contributed by atoms with E-state index in [4.69, 9.17) is 4.74 Å². The van der Waals surface area contributed by atoms with Crippen LogP contribution in [0.4, 0.5) is 0 Å². The summed E-state index contributed by atoms with van der Waals surface area (Å²) in [6.07, 6.45) is 2.50. The van der Waals surface area contributed by atoms with Gasteiger partial charge in [0.2, 0.25) is 0 Å². The van der Waals surface area contributed by atoms with Gasteiger partial charge in [0.05, 0.1) is 12.6 Å². The predicted octanol–water partition coefficient (Wildman–Crippen LogP) is 1.05. The van der Waals surface area contributed by atoms with Crippen molar-refractivity contribution in [1.82, 2.24) is 20.5 Å². The Balaban J connectivity index is 2.06. The number of hydrogen-bond acceptors (Lipinski definition) is 4. The smallest absolute Gasteiger partial charge is 0.146 e. The maximum Gasteiger partial charge on any atom is 0.146 e. The Hall–Kier alpha value is -1.88. The van der Waals surface area contributed by atoms with E-state index in [2.05, 4.69) is 38.7 Å². The predicted molar refractivity (Wildman–Crippen MR) is 62.9 cm³/mol. The van der Waals surface area contributed by atoms with Gasteiger partial charge in [-0.1, -0.05) is 18.2 Å². The van der Waals surface area contributed by atoms with Crippen LogP contribution in [0, 0.1) is 0 Å². The van der Waals surface area contributed by atoms with Crippen molar-refractivity contribution < 1.29 is 4.74 Å². The van der Waals surface area contributed by atoms with Crippen LogP contribution in [-0.4, -0.2) is 28.8 Å². The third-order valence-electron chi connectivity index (χ3n) is 3.05. The molecule has 5 heteroatoms. The molecule has 0 saturated heterocycles. The van der Waals surface area contributed by atoms with Gasteiger partial charge in [0.1, 0.15) is 17.9 Å². The fraction of sp³-hybridized carbons (Fsp3) is 0.333. The number of para-hydroxylation sites is 1. The van der Waals surface area contributed by atoms with Crippen LogP contribution >= 0.6 is 0 Å². The highest BCUT2D eigenvalue weighted by atomic mass is 16.5.